The number of aliphatic carboxylic acids is 1. The molecule has 1 unspecified atom stereocenters. The normalized spacial score (nSPS) is 12.6. The second-order valence-electron chi connectivity index (χ2n) is 8.28. The van der Waals surface area contributed by atoms with Crippen molar-refractivity contribution in [1.29, 1.82) is 0 Å². The lowest BCUT2D eigenvalue weighted by atomic mass is 10.0. The summed E-state index contributed by atoms with van der Waals surface area (Å²) in [7, 11) is 0. The molecule has 3 aromatic carbocycles. The number of ether oxygens (including phenoxy) is 1. The van der Waals surface area contributed by atoms with Gasteiger partial charge in [0.15, 0.2) is 6.10 Å². The first-order chi connectivity index (χ1) is 16.6. The predicted molar refractivity (Wildman–Crippen MR) is 130 cm³/mol. The number of fused-ring (bicyclic) bond motifs is 1. The molecule has 0 aliphatic carbocycles. The standard InChI is InChI=1S/C27H23ClF3NO3/c1-3-24(26(33)34)35-21-6-4-5-17(13-21)15-32-16(2)25(18-7-10-20(28)11-8-18)22-12-9-19(14-23(22)32)27(29,30)31/h4-14,24H,3,15H2,1-2H3,(H,33,34). The molecule has 1 aromatic heterocycles. The number of hydrogen-bond acceptors (Lipinski definition) is 2. The number of aromatic nitrogens is 1. The van der Waals surface area contributed by atoms with E-state index in [0.29, 0.717) is 28.1 Å². The van der Waals surface area contributed by atoms with Crippen molar-refractivity contribution in [2.75, 3.05) is 0 Å². The Bertz CT molecular complexity index is 1380. The van der Waals surface area contributed by atoms with E-state index in [4.69, 9.17) is 16.3 Å². The van der Waals surface area contributed by atoms with E-state index >= 15 is 0 Å². The van der Waals surface area contributed by atoms with E-state index in [1.165, 1.54) is 12.1 Å². The summed E-state index contributed by atoms with van der Waals surface area (Å²) in [6, 6.07) is 17.9. The van der Waals surface area contributed by atoms with Crippen LogP contribution < -0.4 is 4.74 Å². The van der Waals surface area contributed by atoms with E-state index < -0.39 is 23.8 Å². The third-order valence-electron chi connectivity index (χ3n) is 5.95. The molecule has 4 nitrogen and oxygen atoms in total. The molecule has 1 atom stereocenters. The number of rotatable bonds is 7. The highest BCUT2D eigenvalue weighted by Crippen LogP contribution is 2.39. The van der Waals surface area contributed by atoms with Crippen LogP contribution in [0.4, 0.5) is 13.2 Å². The summed E-state index contributed by atoms with van der Waals surface area (Å²) in [5.41, 5.74) is 2.96. The number of halogens is 4. The van der Waals surface area contributed by atoms with Gasteiger partial charge < -0.3 is 14.4 Å². The van der Waals surface area contributed by atoms with Crippen molar-refractivity contribution >= 4 is 28.5 Å². The smallest absolute Gasteiger partial charge is 0.416 e. The van der Waals surface area contributed by atoms with Crippen LogP contribution in [0.25, 0.3) is 22.0 Å². The van der Waals surface area contributed by atoms with Crippen LogP contribution in [-0.2, 0) is 17.5 Å². The fourth-order valence-electron chi connectivity index (χ4n) is 4.21. The molecule has 0 fully saturated rings. The summed E-state index contributed by atoms with van der Waals surface area (Å²) >= 11 is 6.04. The Kier molecular flexibility index (Phi) is 6.81. The lowest BCUT2D eigenvalue weighted by molar-refractivity contribution is -0.145. The molecule has 0 saturated heterocycles. The van der Waals surface area contributed by atoms with Gasteiger partial charge in [0.25, 0.3) is 0 Å². The zero-order valence-electron chi connectivity index (χ0n) is 19.1. The van der Waals surface area contributed by atoms with Crippen molar-refractivity contribution in [3.63, 3.8) is 0 Å². The third kappa shape index (κ3) is 5.15. The Morgan fingerprint density at radius 1 is 1.09 bits per heavy atom. The summed E-state index contributed by atoms with van der Waals surface area (Å²) in [6.45, 7) is 3.86. The molecule has 35 heavy (non-hydrogen) atoms. The molecule has 182 valence electrons. The molecule has 8 heteroatoms. The Morgan fingerprint density at radius 2 is 1.80 bits per heavy atom. The number of carboxylic acids is 1. The number of alkyl halides is 3. The molecule has 0 saturated carbocycles. The van der Waals surface area contributed by atoms with E-state index in [-0.39, 0.29) is 6.54 Å². The molecule has 0 spiro atoms. The van der Waals surface area contributed by atoms with E-state index in [2.05, 4.69) is 0 Å². The Hall–Kier alpha value is -3.45. The summed E-state index contributed by atoms with van der Waals surface area (Å²) in [5, 5.41) is 10.5. The second-order valence-corrected chi connectivity index (χ2v) is 8.72. The molecule has 0 amide bonds. The van der Waals surface area contributed by atoms with Gasteiger partial charge in [0.1, 0.15) is 5.75 Å². The fraction of sp³-hybridized carbons (Fsp3) is 0.222. The van der Waals surface area contributed by atoms with Crippen molar-refractivity contribution < 1.29 is 27.8 Å². The van der Waals surface area contributed by atoms with Gasteiger partial charge in [-0.25, -0.2) is 4.79 Å². The van der Waals surface area contributed by atoms with Crippen LogP contribution in [0.2, 0.25) is 5.02 Å². The first kappa shape index (κ1) is 24.7. The van der Waals surface area contributed by atoms with E-state index in [9.17, 15) is 23.1 Å². The first-order valence-electron chi connectivity index (χ1n) is 11.0. The predicted octanol–water partition coefficient (Wildman–Crippen LogP) is 7.58. The van der Waals surface area contributed by atoms with Crippen LogP contribution in [-0.4, -0.2) is 21.7 Å². The van der Waals surface area contributed by atoms with Gasteiger partial charge in [-0.3, -0.25) is 0 Å². The zero-order chi connectivity index (χ0) is 25.3. The molecular formula is C27H23ClF3NO3. The van der Waals surface area contributed by atoms with Crippen LogP contribution >= 0.6 is 11.6 Å². The van der Waals surface area contributed by atoms with Crippen LogP contribution in [0.1, 0.15) is 30.2 Å². The summed E-state index contributed by atoms with van der Waals surface area (Å²) in [5.74, 6) is -0.669. The molecule has 4 aromatic rings. The number of carboxylic acid groups (broad SMARTS) is 1. The monoisotopic (exact) mass is 501 g/mol. The summed E-state index contributed by atoms with van der Waals surface area (Å²) in [6.07, 6.45) is -5.16. The van der Waals surface area contributed by atoms with Crippen molar-refractivity contribution in [1.82, 2.24) is 4.57 Å². The van der Waals surface area contributed by atoms with E-state index in [0.717, 1.165) is 28.5 Å². The largest absolute Gasteiger partial charge is 0.479 e. The van der Waals surface area contributed by atoms with Crippen LogP contribution in [0.3, 0.4) is 0 Å². The van der Waals surface area contributed by atoms with Crippen LogP contribution in [0, 0.1) is 6.92 Å². The quantitative estimate of drug-likeness (QED) is 0.284. The molecule has 0 radical (unpaired) electrons. The second kappa shape index (κ2) is 9.66. The average Bonchev–Trinajstić information content (AvgIpc) is 3.08. The zero-order valence-corrected chi connectivity index (χ0v) is 19.8. The van der Waals surface area contributed by atoms with Crippen LogP contribution in [0.5, 0.6) is 5.75 Å². The third-order valence-corrected chi connectivity index (χ3v) is 6.20. The lowest BCUT2D eigenvalue weighted by Gasteiger charge is -2.15. The number of benzene rings is 3. The van der Waals surface area contributed by atoms with Gasteiger partial charge in [-0.2, -0.15) is 13.2 Å². The van der Waals surface area contributed by atoms with Gasteiger partial charge in [-0.1, -0.05) is 48.9 Å². The van der Waals surface area contributed by atoms with Crippen molar-refractivity contribution in [2.24, 2.45) is 0 Å². The van der Waals surface area contributed by atoms with Crippen molar-refractivity contribution in [3.05, 3.63) is 88.6 Å². The highest BCUT2D eigenvalue weighted by Gasteiger charge is 2.31. The minimum atomic E-state index is -4.47. The maximum absolute atomic E-state index is 13.5. The van der Waals surface area contributed by atoms with Crippen LogP contribution in [0.15, 0.2) is 66.7 Å². The Morgan fingerprint density at radius 3 is 2.43 bits per heavy atom. The van der Waals surface area contributed by atoms with Gasteiger partial charge in [0, 0.05) is 33.7 Å². The number of carbonyl (C=O) groups is 1. The molecule has 1 N–H and O–H groups in total. The minimum absolute atomic E-state index is 0.276. The summed E-state index contributed by atoms with van der Waals surface area (Å²) < 4.78 is 48.0. The summed E-state index contributed by atoms with van der Waals surface area (Å²) in [4.78, 5) is 11.3. The molecule has 0 aliphatic rings. The maximum Gasteiger partial charge on any atom is 0.416 e. The highest BCUT2D eigenvalue weighted by atomic mass is 35.5. The van der Waals surface area contributed by atoms with Gasteiger partial charge in [0.05, 0.1) is 5.56 Å². The van der Waals surface area contributed by atoms with Gasteiger partial charge >= 0.3 is 12.1 Å². The van der Waals surface area contributed by atoms with Gasteiger partial charge in [0.2, 0.25) is 0 Å². The highest BCUT2D eigenvalue weighted by molar-refractivity contribution is 6.30. The number of hydrogen-bond donors (Lipinski definition) is 1. The Labute approximate surface area is 205 Å². The molecule has 0 aliphatic heterocycles. The van der Waals surface area contributed by atoms with Crippen molar-refractivity contribution in [2.45, 2.75) is 39.1 Å². The fourth-order valence-corrected chi connectivity index (χ4v) is 4.34. The van der Waals surface area contributed by atoms with E-state index in [1.807, 2.05) is 29.7 Å². The topological polar surface area (TPSA) is 51.5 Å². The lowest BCUT2D eigenvalue weighted by Crippen LogP contribution is -2.25. The molecule has 0 bridgehead atoms. The maximum atomic E-state index is 13.5. The number of nitrogens with zero attached hydrogens (tertiary/aromatic N) is 1. The minimum Gasteiger partial charge on any atom is -0.479 e. The SMILES string of the molecule is CCC(Oc1cccc(Cn2c(C)c(-c3ccc(Cl)cc3)c3ccc(C(F)(F)F)cc32)c1)C(=O)O. The van der Waals surface area contributed by atoms with Crippen molar-refractivity contribution in [3.8, 4) is 16.9 Å². The van der Waals surface area contributed by atoms with E-state index in [1.54, 1.807) is 37.3 Å². The first-order valence-corrected chi connectivity index (χ1v) is 11.4. The van der Waals surface area contributed by atoms with Gasteiger partial charge in [-0.15, -0.1) is 0 Å². The molecule has 4 rings (SSSR count). The molecular weight excluding hydrogens is 479 g/mol. The molecule has 1 heterocycles. The average molecular weight is 502 g/mol. The Balaban J connectivity index is 1.82. The van der Waals surface area contributed by atoms with Gasteiger partial charge in [-0.05, 0) is 60.9 Å².